The summed E-state index contributed by atoms with van der Waals surface area (Å²) in [6.45, 7) is 3.94. The zero-order valence-corrected chi connectivity index (χ0v) is 12.3. The fourth-order valence-corrected chi connectivity index (χ4v) is 3.59. The van der Waals surface area contributed by atoms with Gasteiger partial charge >= 0.3 is 10.2 Å². The van der Waals surface area contributed by atoms with Gasteiger partial charge in [0.1, 0.15) is 4.90 Å². The first-order valence-electron chi connectivity index (χ1n) is 5.62. The molecule has 3 N–H and O–H groups in total. The van der Waals surface area contributed by atoms with Gasteiger partial charge in [-0.05, 0) is 12.1 Å². The van der Waals surface area contributed by atoms with Gasteiger partial charge in [-0.3, -0.25) is 4.72 Å². The number of benzene rings is 1. The van der Waals surface area contributed by atoms with Gasteiger partial charge in [-0.15, -0.1) is 0 Å². The molecule has 0 aliphatic carbocycles. The molecule has 0 unspecified atom stereocenters. The van der Waals surface area contributed by atoms with Crippen LogP contribution in [0, 0.1) is 0 Å². The van der Waals surface area contributed by atoms with E-state index in [0.29, 0.717) is 0 Å². The zero-order valence-electron chi connectivity index (χ0n) is 10.7. The van der Waals surface area contributed by atoms with Gasteiger partial charge in [-0.25, -0.2) is 13.6 Å². The molecule has 7 nitrogen and oxygen atoms in total. The SMILES string of the molecule is CCN(CC)S(=O)(=O)Nc1ccccc1S(N)(=O)=O. The van der Waals surface area contributed by atoms with E-state index < -0.39 is 20.2 Å². The van der Waals surface area contributed by atoms with Gasteiger partial charge in [0.2, 0.25) is 10.0 Å². The average Bonchev–Trinajstić information content (AvgIpc) is 2.28. The van der Waals surface area contributed by atoms with Gasteiger partial charge < -0.3 is 0 Å². The summed E-state index contributed by atoms with van der Waals surface area (Å²) in [4.78, 5) is -0.259. The van der Waals surface area contributed by atoms with E-state index in [2.05, 4.69) is 4.72 Å². The monoisotopic (exact) mass is 307 g/mol. The van der Waals surface area contributed by atoms with Crippen LogP contribution in [0.2, 0.25) is 0 Å². The molecule has 0 aromatic heterocycles. The molecule has 0 aliphatic rings. The van der Waals surface area contributed by atoms with Crippen LogP contribution in [0.15, 0.2) is 29.2 Å². The third kappa shape index (κ3) is 3.90. The van der Waals surface area contributed by atoms with Gasteiger partial charge in [0.05, 0.1) is 5.69 Å². The molecule has 1 rings (SSSR count). The third-order valence-electron chi connectivity index (χ3n) is 2.48. The minimum absolute atomic E-state index is 0.0584. The van der Waals surface area contributed by atoms with Gasteiger partial charge in [-0.2, -0.15) is 12.7 Å². The van der Waals surface area contributed by atoms with Crippen molar-refractivity contribution in [2.24, 2.45) is 5.14 Å². The van der Waals surface area contributed by atoms with Crippen molar-refractivity contribution in [1.29, 1.82) is 0 Å². The van der Waals surface area contributed by atoms with Crippen molar-refractivity contribution in [3.63, 3.8) is 0 Å². The molecule has 0 atom stereocenters. The molecule has 0 aliphatic heterocycles. The molecule has 0 radical (unpaired) electrons. The average molecular weight is 307 g/mol. The summed E-state index contributed by atoms with van der Waals surface area (Å²) in [5, 5.41) is 5.04. The number of nitrogens with two attached hydrogens (primary N) is 1. The number of nitrogens with one attached hydrogen (secondary N) is 1. The molecular formula is C10H17N3O4S2. The maximum absolute atomic E-state index is 12.0. The Balaban J connectivity index is 3.21. The van der Waals surface area contributed by atoms with E-state index >= 15 is 0 Å². The van der Waals surface area contributed by atoms with Crippen molar-refractivity contribution in [1.82, 2.24) is 4.31 Å². The molecule has 0 bridgehead atoms. The zero-order chi connectivity index (χ0) is 14.7. The molecule has 0 saturated carbocycles. The molecule has 19 heavy (non-hydrogen) atoms. The standard InChI is InChI=1S/C10H17N3O4S2/c1-3-13(4-2)19(16,17)12-9-7-5-6-8-10(9)18(11,14)15/h5-8,12H,3-4H2,1-2H3,(H2,11,14,15). The summed E-state index contributed by atoms with van der Waals surface area (Å²) in [6.07, 6.45) is 0. The lowest BCUT2D eigenvalue weighted by Crippen LogP contribution is -2.36. The van der Waals surface area contributed by atoms with E-state index in [-0.39, 0.29) is 23.7 Å². The molecule has 9 heteroatoms. The smallest absolute Gasteiger partial charge is 0.270 e. The lowest BCUT2D eigenvalue weighted by atomic mass is 10.3. The fourth-order valence-electron chi connectivity index (χ4n) is 1.57. The first kappa shape index (κ1) is 15.9. The van der Waals surface area contributed by atoms with Crippen molar-refractivity contribution in [2.45, 2.75) is 18.7 Å². The van der Waals surface area contributed by atoms with Crippen molar-refractivity contribution in [3.05, 3.63) is 24.3 Å². The van der Waals surface area contributed by atoms with Crippen LogP contribution in [0.5, 0.6) is 0 Å². The molecule has 1 aromatic rings. The van der Waals surface area contributed by atoms with Gasteiger partial charge in [-0.1, -0.05) is 26.0 Å². The molecule has 0 amide bonds. The number of rotatable bonds is 6. The Morgan fingerprint density at radius 3 is 2.11 bits per heavy atom. The number of anilines is 1. The Hall–Kier alpha value is -1.16. The van der Waals surface area contributed by atoms with Gasteiger partial charge in [0, 0.05) is 13.1 Å². The molecule has 0 spiro atoms. The van der Waals surface area contributed by atoms with Gasteiger partial charge in [0.15, 0.2) is 0 Å². The van der Waals surface area contributed by atoms with Crippen LogP contribution < -0.4 is 9.86 Å². The number of primary sulfonamides is 1. The van der Waals surface area contributed by atoms with Crippen LogP contribution in [0.4, 0.5) is 5.69 Å². The topological polar surface area (TPSA) is 110 Å². The molecular weight excluding hydrogens is 290 g/mol. The van der Waals surface area contributed by atoms with E-state index in [0.717, 1.165) is 0 Å². The molecule has 0 saturated heterocycles. The summed E-state index contributed by atoms with van der Waals surface area (Å²) in [5.74, 6) is 0. The highest BCUT2D eigenvalue weighted by Crippen LogP contribution is 2.21. The summed E-state index contributed by atoms with van der Waals surface area (Å²) in [7, 11) is -7.79. The largest absolute Gasteiger partial charge is 0.301 e. The fraction of sp³-hybridized carbons (Fsp3) is 0.400. The minimum atomic E-state index is -3.99. The van der Waals surface area contributed by atoms with Crippen molar-refractivity contribution >= 4 is 25.9 Å². The highest BCUT2D eigenvalue weighted by molar-refractivity contribution is 7.91. The Morgan fingerprint density at radius 2 is 1.63 bits per heavy atom. The number of hydrogen-bond acceptors (Lipinski definition) is 4. The second kappa shape index (κ2) is 5.87. The van der Waals surface area contributed by atoms with Crippen molar-refractivity contribution < 1.29 is 16.8 Å². The Labute approximate surface area is 113 Å². The van der Waals surface area contributed by atoms with Crippen molar-refractivity contribution in [2.75, 3.05) is 17.8 Å². The highest BCUT2D eigenvalue weighted by Gasteiger charge is 2.22. The Bertz CT molecular complexity index is 636. The normalized spacial score (nSPS) is 12.6. The van der Waals surface area contributed by atoms with E-state index in [1.165, 1.54) is 28.6 Å². The summed E-state index contributed by atoms with van der Waals surface area (Å²) in [5.41, 5.74) is -0.0584. The summed E-state index contributed by atoms with van der Waals surface area (Å²) >= 11 is 0. The molecule has 0 fully saturated rings. The van der Waals surface area contributed by atoms with Crippen molar-refractivity contribution in [3.8, 4) is 0 Å². The maximum atomic E-state index is 12.0. The van der Waals surface area contributed by atoms with E-state index in [4.69, 9.17) is 5.14 Å². The summed E-state index contributed by atoms with van der Waals surface area (Å²) in [6, 6.07) is 5.58. The minimum Gasteiger partial charge on any atom is -0.270 e. The predicted molar refractivity (Wildman–Crippen MR) is 73.3 cm³/mol. The van der Waals surface area contributed by atoms with Gasteiger partial charge in [0.25, 0.3) is 0 Å². The molecule has 1 aromatic carbocycles. The second-order valence-electron chi connectivity index (χ2n) is 3.73. The quantitative estimate of drug-likeness (QED) is 0.789. The maximum Gasteiger partial charge on any atom is 0.301 e. The first-order chi connectivity index (χ1) is 8.72. The number of nitrogens with zero attached hydrogens (tertiary/aromatic N) is 1. The molecule has 0 heterocycles. The van der Waals surface area contributed by atoms with E-state index in [1.807, 2.05) is 0 Å². The van der Waals surface area contributed by atoms with Crippen LogP contribution in [0.25, 0.3) is 0 Å². The third-order valence-corrected chi connectivity index (χ3v) is 5.12. The Morgan fingerprint density at radius 1 is 1.11 bits per heavy atom. The number of para-hydroxylation sites is 1. The lowest BCUT2D eigenvalue weighted by molar-refractivity contribution is 0.449. The first-order valence-corrected chi connectivity index (χ1v) is 8.60. The van der Waals surface area contributed by atoms with Crippen LogP contribution in [-0.2, 0) is 20.2 Å². The van der Waals surface area contributed by atoms with Crippen LogP contribution in [0.3, 0.4) is 0 Å². The lowest BCUT2D eigenvalue weighted by Gasteiger charge is -2.20. The highest BCUT2D eigenvalue weighted by atomic mass is 32.2. The molecule has 108 valence electrons. The van der Waals surface area contributed by atoms with E-state index in [9.17, 15) is 16.8 Å². The Kier molecular flexibility index (Phi) is 4.91. The number of hydrogen-bond donors (Lipinski definition) is 2. The second-order valence-corrected chi connectivity index (χ2v) is 6.93. The van der Waals surface area contributed by atoms with E-state index in [1.54, 1.807) is 13.8 Å². The van der Waals surface area contributed by atoms with Crippen LogP contribution >= 0.6 is 0 Å². The summed E-state index contributed by atoms with van der Waals surface area (Å²) < 4.78 is 50.2. The van der Waals surface area contributed by atoms with Crippen LogP contribution in [0.1, 0.15) is 13.8 Å². The van der Waals surface area contributed by atoms with Crippen LogP contribution in [-0.4, -0.2) is 34.2 Å². The number of sulfonamides is 1. The predicted octanol–water partition coefficient (Wildman–Crippen LogP) is 0.333.